The molecule has 2 rings (SSSR count). The van der Waals surface area contributed by atoms with Crippen LogP contribution in [0.2, 0.25) is 0 Å². The van der Waals surface area contributed by atoms with Crippen molar-refractivity contribution >= 4 is 33.3 Å². The van der Waals surface area contributed by atoms with Crippen LogP contribution in [0, 0.1) is 11.3 Å². The molecule has 0 bridgehead atoms. The van der Waals surface area contributed by atoms with E-state index in [1.165, 1.54) is 6.33 Å². The van der Waals surface area contributed by atoms with Crippen LogP contribution >= 0.6 is 15.9 Å². The molecule has 1 aromatic heterocycles. The second-order valence-electron chi connectivity index (χ2n) is 3.73. The fourth-order valence-corrected chi connectivity index (χ4v) is 1.99. The highest BCUT2D eigenvalue weighted by molar-refractivity contribution is 9.10. The predicted molar refractivity (Wildman–Crippen MR) is 78.3 cm³/mol. The molecule has 0 atom stereocenters. The van der Waals surface area contributed by atoms with Gasteiger partial charge in [-0.15, -0.1) is 0 Å². The summed E-state index contributed by atoms with van der Waals surface area (Å²) in [5.41, 5.74) is 1.41. The van der Waals surface area contributed by atoms with Gasteiger partial charge in [-0.3, -0.25) is 0 Å². The standard InChI is InChI=1S/C13H12BrN5/c1-2-16-12-11(14)13(18-8-17-12)19-10-5-3-4-9(6-10)7-15/h3-6,8H,2H2,1H3,(H2,16,17,18,19). The van der Waals surface area contributed by atoms with E-state index in [9.17, 15) is 0 Å². The molecule has 0 saturated carbocycles. The lowest BCUT2D eigenvalue weighted by Crippen LogP contribution is -2.03. The Labute approximate surface area is 119 Å². The maximum absolute atomic E-state index is 8.87. The van der Waals surface area contributed by atoms with Gasteiger partial charge in [0.25, 0.3) is 0 Å². The van der Waals surface area contributed by atoms with E-state index in [1.807, 2.05) is 19.1 Å². The van der Waals surface area contributed by atoms with Crippen molar-refractivity contribution in [2.24, 2.45) is 0 Å². The fourth-order valence-electron chi connectivity index (χ4n) is 1.55. The third-order valence-corrected chi connectivity index (χ3v) is 3.14. The van der Waals surface area contributed by atoms with Crippen LogP contribution in [0.15, 0.2) is 35.1 Å². The van der Waals surface area contributed by atoms with Crippen LogP contribution in [-0.4, -0.2) is 16.5 Å². The van der Waals surface area contributed by atoms with Crippen LogP contribution in [-0.2, 0) is 0 Å². The lowest BCUT2D eigenvalue weighted by atomic mass is 10.2. The summed E-state index contributed by atoms with van der Waals surface area (Å²) in [6.07, 6.45) is 1.49. The first kappa shape index (κ1) is 13.3. The molecule has 1 aromatic carbocycles. The van der Waals surface area contributed by atoms with Crippen molar-refractivity contribution in [3.05, 3.63) is 40.6 Å². The van der Waals surface area contributed by atoms with Gasteiger partial charge in [0.15, 0.2) is 0 Å². The number of nitrogens with one attached hydrogen (secondary N) is 2. The average Bonchev–Trinajstić information content (AvgIpc) is 2.44. The maximum atomic E-state index is 8.87. The Morgan fingerprint density at radius 1 is 1.32 bits per heavy atom. The third kappa shape index (κ3) is 3.20. The summed E-state index contributed by atoms with van der Waals surface area (Å²) in [6.45, 7) is 2.77. The summed E-state index contributed by atoms with van der Waals surface area (Å²) in [5.74, 6) is 1.39. The second-order valence-corrected chi connectivity index (χ2v) is 4.53. The molecule has 0 saturated heterocycles. The summed E-state index contributed by atoms with van der Waals surface area (Å²) < 4.78 is 0.763. The van der Waals surface area contributed by atoms with E-state index in [1.54, 1.807) is 12.1 Å². The molecule has 2 N–H and O–H groups in total. The molecule has 19 heavy (non-hydrogen) atoms. The number of nitriles is 1. The fraction of sp³-hybridized carbons (Fsp3) is 0.154. The summed E-state index contributed by atoms with van der Waals surface area (Å²) >= 11 is 3.46. The van der Waals surface area contributed by atoms with E-state index >= 15 is 0 Å². The smallest absolute Gasteiger partial charge is 0.150 e. The van der Waals surface area contributed by atoms with E-state index in [2.05, 4.69) is 42.6 Å². The van der Waals surface area contributed by atoms with E-state index in [4.69, 9.17) is 5.26 Å². The van der Waals surface area contributed by atoms with Gasteiger partial charge in [-0.25, -0.2) is 9.97 Å². The summed E-state index contributed by atoms with van der Waals surface area (Å²) in [7, 11) is 0. The molecule has 0 aliphatic carbocycles. The van der Waals surface area contributed by atoms with Gasteiger partial charge in [0.05, 0.1) is 11.6 Å². The Morgan fingerprint density at radius 2 is 2.11 bits per heavy atom. The molecule has 0 aliphatic heterocycles. The van der Waals surface area contributed by atoms with Gasteiger partial charge < -0.3 is 10.6 Å². The summed E-state index contributed by atoms with van der Waals surface area (Å²) in [5, 5.41) is 15.2. The SMILES string of the molecule is CCNc1ncnc(Nc2cccc(C#N)c2)c1Br. The van der Waals surface area contributed by atoms with Gasteiger partial charge in [-0.1, -0.05) is 6.07 Å². The molecule has 1 heterocycles. The number of benzene rings is 1. The van der Waals surface area contributed by atoms with Crippen LogP contribution in [0.1, 0.15) is 12.5 Å². The zero-order valence-electron chi connectivity index (χ0n) is 10.3. The van der Waals surface area contributed by atoms with E-state index in [0.717, 1.165) is 22.5 Å². The van der Waals surface area contributed by atoms with Crippen molar-refractivity contribution in [2.75, 3.05) is 17.2 Å². The largest absolute Gasteiger partial charge is 0.369 e. The van der Waals surface area contributed by atoms with Crippen LogP contribution in [0.3, 0.4) is 0 Å². The molecule has 0 unspecified atom stereocenters. The minimum atomic E-state index is 0.599. The van der Waals surface area contributed by atoms with Crippen molar-refractivity contribution in [1.82, 2.24) is 9.97 Å². The monoisotopic (exact) mass is 317 g/mol. The zero-order valence-corrected chi connectivity index (χ0v) is 11.9. The predicted octanol–water partition coefficient (Wildman–Crippen LogP) is 3.29. The molecular formula is C13H12BrN5. The van der Waals surface area contributed by atoms with Gasteiger partial charge in [0.1, 0.15) is 22.4 Å². The maximum Gasteiger partial charge on any atom is 0.150 e. The van der Waals surface area contributed by atoms with Crippen molar-refractivity contribution < 1.29 is 0 Å². The first-order valence-corrected chi connectivity index (χ1v) is 6.55. The first-order chi connectivity index (χ1) is 9.24. The topological polar surface area (TPSA) is 73.6 Å². The Hall–Kier alpha value is -2.13. The number of rotatable bonds is 4. The Balaban J connectivity index is 2.28. The molecule has 0 aliphatic rings. The third-order valence-electron chi connectivity index (χ3n) is 2.39. The first-order valence-electron chi connectivity index (χ1n) is 5.76. The highest BCUT2D eigenvalue weighted by atomic mass is 79.9. The highest BCUT2D eigenvalue weighted by Gasteiger charge is 2.08. The van der Waals surface area contributed by atoms with Crippen molar-refractivity contribution in [2.45, 2.75) is 6.92 Å². The van der Waals surface area contributed by atoms with Gasteiger partial charge >= 0.3 is 0 Å². The number of anilines is 3. The van der Waals surface area contributed by atoms with Crippen LogP contribution in [0.25, 0.3) is 0 Å². The van der Waals surface area contributed by atoms with Crippen LogP contribution in [0.4, 0.5) is 17.3 Å². The molecule has 0 fully saturated rings. The van der Waals surface area contributed by atoms with E-state index in [0.29, 0.717) is 11.4 Å². The second kappa shape index (κ2) is 6.16. The molecule has 2 aromatic rings. The Bertz CT molecular complexity index is 621. The molecular weight excluding hydrogens is 306 g/mol. The van der Waals surface area contributed by atoms with Crippen LogP contribution in [0.5, 0.6) is 0 Å². The molecule has 5 nitrogen and oxygen atoms in total. The number of nitrogens with zero attached hydrogens (tertiary/aromatic N) is 3. The Kier molecular flexibility index (Phi) is 4.31. The van der Waals surface area contributed by atoms with Crippen LogP contribution < -0.4 is 10.6 Å². The molecule has 0 spiro atoms. The van der Waals surface area contributed by atoms with Crippen molar-refractivity contribution in [3.8, 4) is 6.07 Å². The van der Waals surface area contributed by atoms with Crippen molar-refractivity contribution in [3.63, 3.8) is 0 Å². The normalized spacial score (nSPS) is 9.74. The quantitative estimate of drug-likeness (QED) is 0.905. The minimum Gasteiger partial charge on any atom is -0.369 e. The molecule has 96 valence electrons. The minimum absolute atomic E-state index is 0.599. The molecule has 6 heteroatoms. The number of halogens is 1. The van der Waals surface area contributed by atoms with Gasteiger partial charge in [-0.2, -0.15) is 5.26 Å². The number of hydrogen-bond acceptors (Lipinski definition) is 5. The number of hydrogen-bond donors (Lipinski definition) is 2. The van der Waals surface area contributed by atoms with Crippen molar-refractivity contribution in [1.29, 1.82) is 5.26 Å². The van der Waals surface area contributed by atoms with Gasteiger partial charge in [0, 0.05) is 12.2 Å². The summed E-state index contributed by atoms with van der Waals surface area (Å²) in [4.78, 5) is 8.32. The lowest BCUT2D eigenvalue weighted by molar-refractivity contribution is 1.10. The molecule has 0 radical (unpaired) electrons. The zero-order chi connectivity index (χ0) is 13.7. The number of aromatic nitrogens is 2. The Morgan fingerprint density at radius 3 is 2.84 bits per heavy atom. The lowest BCUT2D eigenvalue weighted by Gasteiger charge is -2.10. The van der Waals surface area contributed by atoms with Gasteiger partial charge in [-0.05, 0) is 41.1 Å². The average molecular weight is 318 g/mol. The molecule has 0 amide bonds. The highest BCUT2D eigenvalue weighted by Crippen LogP contribution is 2.28. The van der Waals surface area contributed by atoms with E-state index < -0.39 is 0 Å². The van der Waals surface area contributed by atoms with E-state index in [-0.39, 0.29) is 0 Å². The van der Waals surface area contributed by atoms with Gasteiger partial charge in [0.2, 0.25) is 0 Å². The summed E-state index contributed by atoms with van der Waals surface area (Å²) in [6, 6.07) is 9.32.